The van der Waals surface area contributed by atoms with Gasteiger partial charge in [0.2, 0.25) is 0 Å². The summed E-state index contributed by atoms with van der Waals surface area (Å²) in [5.74, 6) is -0.243. The lowest BCUT2D eigenvalue weighted by Gasteiger charge is -2.39. The second kappa shape index (κ2) is 4.52. The van der Waals surface area contributed by atoms with Crippen LogP contribution in [0.15, 0.2) is 24.3 Å². The molecule has 1 aromatic rings. The minimum Gasteiger partial charge on any atom is -0.373 e. The molecule has 1 fully saturated rings. The van der Waals surface area contributed by atoms with Crippen LogP contribution in [0.3, 0.4) is 0 Å². The predicted molar refractivity (Wildman–Crippen MR) is 61.5 cm³/mol. The Kier molecular flexibility index (Phi) is 3.26. The molecule has 88 valence electrons. The lowest BCUT2D eigenvalue weighted by molar-refractivity contribution is -0.0821. The quantitative estimate of drug-likeness (QED) is 0.836. The van der Waals surface area contributed by atoms with E-state index in [1.54, 1.807) is 6.07 Å². The molecule has 1 saturated heterocycles. The third kappa shape index (κ3) is 2.25. The monoisotopic (exact) mass is 223 g/mol. The van der Waals surface area contributed by atoms with Gasteiger partial charge in [-0.05, 0) is 43.9 Å². The van der Waals surface area contributed by atoms with Gasteiger partial charge in [0, 0.05) is 6.61 Å². The third-order valence-corrected chi connectivity index (χ3v) is 3.36. The number of hydrogen-bond donors (Lipinski definition) is 1. The van der Waals surface area contributed by atoms with Gasteiger partial charge in [-0.15, -0.1) is 0 Å². The van der Waals surface area contributed by atoms with E-state index in [1.807, 2.05) is 13.0 Å². The Morgan fingerprint density at radius 2 is 2.25 bits per heavy atom. The Morgan fingerprint density at radius 1 is 1.44 bits per heavy atom. The van der Waals surface area contributed by atoms with Crippen molar-refractivity contribution in [1.82, 2.24) is 0 Å². The highest BCUT2D eigenvalue weighted by atomic mass is 19.1. The molecule has 0 spiro atoms. The Morgan fingerprint density at radius 3 is 2.88 bits per heavy atom. The van der Waals surface area contributed by atoms with Crippen LogP contribution in [0, 0.1) is 5.82 Å². The highest BCUT2D eigenvalue weighted by Gasteiger charge is 2.35. The molecule has 0 aromatic heterocycles. The summed E-state index contributed by atoms with van der Waals surface area (Å²) >= 11 is 0. The van der Waals surface area contributed by atoms with E-state index in [0.29, 0.717) is 0 Å². The Balaban J connectivity index is 2.20. The van der Waals surface area contributed by atoms with Crippen molar-refractivity contribution in [3.8, 4) is 0 Å². The SMILES string of the molecule is CC1(C(N)c2cccc(F)c2)CCCCO1. The molecule has 1 heterocycles. The minimum absolute atomic E-state index is 0.243. The standard InChI is InChI=1S/C13H18FNO/c1-13(7-2-3-8-16-13)12(15)10-5-4-6-11(14)9-10/h4-6,9,12H,2-3,7-8,15H2,1H3. The summed E-state index contributed by atoms with van der Waals surface area (Å²) in [7, 11) is 0. The first kappa shape index (κ1) is 11.6. The van der Waals surface area contributed by atoms with E-state index in [1.165, 1.54) is 12.1 Å². The molecular weight excluding hydrogens is 205 g/mol. The fourth-order valence-electron chi connectivity index (χ4n) is 2.25. The van der Waals surface area contributed by atoms with Gasteiger partial charge in [0.1, 0.15) is 5.82 Å². The van der Waals surface area contributed by atoms with Gasteiger partial charge in [-0.2, -0.15) is 0 Å². The average Bonchev–Trinajstić information content (AvgIpc) is 2.29. The van der Waals surface area contributed by atoms with Crippen molar-refractivity contribution >= 4 is 0 Å². The molecule has 0 amide bonds. The Hall–Kier alpha value is -0.930. The van der Waals surface area contributed by atoms with Gasteiger partial charge in [0.05, 0.1) is 11.6 Å². The maximum absolute atomic E-state index is 13.1. The zero-order chi connectivity index (χ0) is 11.6. The van der Waals surface area contributed by atoms with E-state index in [4.69, 9.17) is 10.5 Å². The van der Waals surface area contributed by atoms with Crippen molar-refractivity contribution in [1.29, 1.82) is 0 Å². The fraction of sp³-hybridized carbons (Fsp3) is 0.538. The molecule has 1 aliphatic rings. The zero-order valence-corrected chi connectivity index (χ0v) is 9.58. The molecule has 0 radical (unpaired) electrons. The largest absolute Gasteiger partial charge is 0.373 e. The molecule has 2 atom stereocenters. The lowest BCUT2D eigenvalue weighted by Crippen LogP contribution is -2.43. The van der Waals surface area contributed by atoms with Crippen molar-refractivity contribution in [3.63, 3.8) is 0 Å². The number of hydrogen-bond acceptors (Lipinski definition) is 2. The van der Waals surface area contributed by atoms with Crippen LogP contribution < -0.4 is 5.73 Å². The first-order chi connectivity index (χ1) is 7.62. The molecule has 0 saturated carbocycles. The molecule has 2 nitrogen and oxygen atoms in total. The maximum atomic E-state index is 13.1. The first-order valence-corrected chi connectivity index (χ1v) is 5.77. The van der Waals surface area contributed by atoms with Gasteiger partial charge in [0.25, 0.3) is 0 Å². The van der Waals surface area contributed by atoms with Gasteiger partial charge in [-0.25, -0.2) is 4.39 Å². The summed E-state index contributed by atoms with van der Waals surface area (Å²) in [6.45, 7) is 2.77. The number of benzene rings is 1. The van der Waals surface area contributed by atoms with Crippen LogP contribution in [0.4, 0.5) is 4.39 Å². The lowest BCUT2D eigenvalue weighted by atomic mass is 9.85. The average molecular weight is 223 g/mol. The molecule has 2 unspecified atom stereocenters. The number of ether oxygens (including phenoxy) is 1. The summed E-state index contributed by atoms with van der Waals surface area (Å²) in [4.78, 5) is 0. The number of halogens is 1. The summed E-state index contributed by atoms with van der Waals surface area (Å²) in [5.41, 5.74) is 6.64. The summed E-state index contributed by atoms with van der Waals surface area (Å²) in [6, 6.07) is 6.21. The first-order valence-electron chi connectivity index (χ1n) is 5.77. The summed E-state index contributed by atoms with van der Waals surface area (Å²) in [6.07, 6.45) is 3.15. The van der Waals surface area contributed by atoms with Gasteiger partial charge < -0.3 is 10.5 Å². The Labute approximate surface area is 95.6 Å². The van der Waals surface area contributed by atoms with Crippen molar-refractivity contribution in [2.75, 3.05) is 6.61 Å². The molecule has 2 N–H and O–H groups in total. The highest BCUT2D eigenvalue weighted by molar-refractivity contribution is 5.22. The fourth-order valence-corrected chi connectivity index (χ4v) is 2.25. The zero-order valence-electron chi connectivity index (χ0n) is 9.58. The number of rotatable bonds is 2. The summed E-state index contributed by atoms with van der Waals surface area (Å²) < 4.78 is 18.9. The van der Waals surface area contributed by atoms with E-state index in [0.717, 1.165) is 31.4 Å². The van der Waals surface area contributed by atoms with Crippen LogP contribution in [0.25, 0.3) is 0 Å². The molecule has 0 aliphatic carbocycles. The topological polar surface area (TPSA) is 35.2 Å². The molecular formula is C13H18FNO. The third-order valence-electron chi connectivity index (χ3n) is 3.36. The van der Waals surface area contributed by atoms with Crippen molar-refractivity contribution in [3.05, 3.63) is 35.6 Å². The summed E-state index contributed by atoms with van der Waals surface area (Å²) in [5, 5.41) is 0. The van der Waals surface area contributed by atoms with E-state index in [-0.39, 0.29) is 17.5 Å². The molecule has 1 aliphatic heterocycles. The van der Waals surface area contributed by atoms with Gasteiger partial charge in [0.15, 0.2) is 0 Å². The number of nitrogens with two attached hydrogens (primary N) is 1. The van der Waals surface area contributed by atoms with Crippen LogP contribution in [-0.4, -0.2) is 12.2 Å². The predicted octanol–water partition coefficient (Wildman–Crippen LogP) is 2.78. The molecule has 0 bridgehead atoms. The van der Waals surface area contributed by atoms with Crippen molar-refractivity contribution in [2.45, 2.75) is 37.8 Å². The maximum Gasteiger partial charge on any atom is 0.123 e. The van der Waals surface area contributed by atoms with Crippen LogP contribution in [0.2, 0.25) is 0 Å². The minimum atomic E-state index is -0.355. The van der Waals surface area contributed by atoms with Gasteiger partial charge >= 0.3 is 0 Å². The van der Waals surface area contributed by atoms with E-state index < -0.39 is 0 Å². The van der Waals surface area contributed by atoms with E-state index in [2.05, 4.69) is 0 Å². The molecule has 2 rings (SSSR count). The van der Waals surface area contributed by atoms with Crippen LogP contribution in [0.5, 0.6) is 0 Å². The normalized spacial score (nSPS) is 27.7. The second-order valence-corrected chi connectivity index (χ2v) is 4.65. The van der Waals surface area contributed by atoms with Crippen molar-refractivity contribution in [2.24, 2.45) is 5.73 Å². The molecule has 3 heteroatoms. The van der Waals surface area contributed by atoms with Crippen molar-refractivity contribution < 1.29 is 9.13 Å². The Bertz CT molecular complexity index is 361. The van der Waals surface area contributed by atoms with Crippen LogP contribution >= 0.6 is 0 Å². The molecule has 1 aromatic carbocycles. The van der Waals surface area contributed by atoms with Gasteiger partial charge in [-0.3, -0.25) is 0 Å². The van der Waals surface area contributed by atoms with E-state index >= 15 is 0 Å². The second-order valence-electron chi connectivity index (χ2n) is 4.65. The smallest absolute Gasteiger partial charge is 0.123 e. The molecule has 16 heavy (non-hydrogen) atoms. The highest BCUT2D eigenvalue weighted by Crippen LogP contribution is 2.34. The van der Waals surface area contributed by atoms with Crippen LogP contribution in [-0.2, 0) is 4.74 Å². The van der Waals surface area contributed by atoms with Crippen LogP contribution in [0.1, 0.15) is 37.8 Å². The van der Waals surface area contributed by atoms with E-state index in [9.17, 15) is 4.39 Å². The van der Waals surface area contributed by atoms with Gasteiger partial charge in [-0.1, -0.05) is 12.1 Å².